The van der Waals surface area contributed by atoms with Crippen molar-refractivity contribution >= 4 is 11.6 Å². The highest BCUT2D eigenvalue weighted by Gasteiger charge is 2.20. The number of fused-ring (bicyclic) bond motifs is 1. The Morgan fingerprint density at radius 1 is 1.69 bits per heavy atom. The van der Waals surface area contributed by atoms with Crippen LogP contribution in [0.5, 0.6) is 5.75 Å². The van der Waals surface area contributed by atoms with E-state index in [9.17, 15) is 4.79 Å². The third-order valence-electron chi connectivity index (χ3n) is 1.79. The Bertz CT molecular complexity index is 340. The van der Waals surface area contributed by atoms with Crippen molar-refractivity contribution in [2.24, 2.45) is 5.73 Å². The lowest BCUT2D eigenvalue weighted by Crippen LogP contribution is -2.38. The van der Waals surface area contributed by atoms with Gasteiger partial charge in [0.25, 0.3) is 0 Å². The number of aromatic nitrogens is 1. The number of anilines is 1. The first-order valence-corrected chi connectivity index (χ1v) is 3.90. The smallest absolute Gasteiger partial charge is 0.244 e. The van der Waals surface area contributed by atoms with Gasteiger partial charge in [-0.3, -0.25) is 9.78 Å². The predicted octanol–water partition coefficient (Wildman–Crippen LogP) is -0.260. The van der Waals surface area contributed by atoms with E-state index in [1.54, 1.807) is 12.3 Å². The van der Waals surface area contributed by atoms with E-state index in [-0.39, 0.29) is 12.5 Å². The van der Waals surface area contributed by atoms with Crippen LogP contribution in [-0.4, -0.2) is 23.5 Å². The summed E-state index contributed by atoms with van der Waals surface area (Å²) in [6.07, 6.45) is 3.13. The molecule has 2 rings (SSSR count). The summed E-state index contributed by atoms with van der Waals surface area (Å²) in [6.45, 7) is 0.197. The molecule has 3 N–H and O–H groups in total. The number of nitrogens with zero attached hydrogens (tertiary/aromatic N) is 1. The summed E-state index contributed by atoms with van der Waals surface area (Å²) in [6, 6.07) is 1.07. The van der Waals surface area contributed by atoms with Crippen LogP contribution in [0.15, 0.2) is 18.5 Å². The van der Waals surface area contributed by atoms with Crippen LogP contribution in [0.1, 0.15) is 0 Å². The van der Waals surface area contributed by atoms with E-state index in [1.807, 2.05) is 0 Å². The lowest BCUT2D eigenvalue weighted by Gasteiger charge is -2.04. The minimum atomic E-state index is -0.618. The van der Waals surface area contributed by atoms with Crippen molar-refractivity contribution in [3.63, 3.8) is 0 Å². The van der Waals surface area contributed by atoms with E-state index in [1.165, 1.54) is 6.20 Å². The number of carbonyl (C=O) groups excluding carboxylic acids is 1. The lowest BCUT2D eigenvalue weighted by molar-refractivity contribution is -0.117. The van der Waals surface area contributed by atoms with Gasteiger partial charge in [0.1, 0.15) is 24.1 Å². The highest BCUT2D eigenvalue weighted by atomic mass is 16.5. The van der Waals surface area contributed by atoms with Crippen LogP contribution in [0.2, 0.25) is 0 Å². The number of pyridine rings is 1. The first kappa shape index (κ1) is 8.00. The third kappa shape index (κ3) is 1.46. The van der Waals surface area contributed by atoms with Crippen molar-refractivity contribution in [1.29, 1.82) is 0 Å². The fraction of sp³-hybridized carbons (Fsp3) is 0.250. The van der Waals surface area contributed by atoms with E-state index < -0.39 is 6.04 Å². The second-order valence-electron chi connectivity index (χ2n) is 2.78. The summed E-state index contributed by atoms with van der Waals surface area (Å²) >= 11 is 0. The highest BCUT2D eigenvalue weighted by Crippen LogP contribution is 2.24. The Hall–Kier alpha value is -1.62. The summed E-state index contributed by atoms with van der Waals surface area (Å²) in [7, 11) is 0. The monoisotopic (exact) mass is 179 g/mol. The van der Waals surface area contributed by atoms with Crippen LogP contribution >= 0.6 is 0 Å². The molecule has 5 nitrogen and oxygen atoms in total. The Morgan fingerprint density at radius 2 is 2.54 bits per heavy atom. The molecule has 0 aromatic carbocycles. The maximum atomic E-state index is 11.2. The molecule has 1 amide bonds. The Morgan fingerprint density at radius 3 is 3.38 bits per heavy atom. The number of ether oxygens (including phenoxy) is 1. The van der Waals surface area contributed by atoms with E-state index in [0.717, 1.165) is 0 Å². The summed E-state index contributed by atoms with van der Waals surface area (Å²) < 4.78 is 5.28. The number of hydrogen-bond donors (Lipinski definition) is 2. The van der Waals surface area contributed by atoms with Gasteiger partial charge < -0.3 is 15.8 Å². The summed E-state index contributed by atoms with van der Waals surface area (Å²) in [4.78, 5) is 15.1. The van der Waals surface area contributed by atoms with Crippen molar-refractivity contribution < 1.29 is 9.53 Å². The van der Waals surface area contributed by atoms with Gasteiger partial charge in [0.15, 0.2) is 0 Å². The molecule has 1 atom stereocenters. The van der Waals surface area contributed by atoms with Crippen molar-refractivity contribution in [2.45, 2.75) is 6.04 Å². The fourth-order valence-corrected chi connectivity index (χ4v) is 1.08. The van der Waals surface area contributed by atoms with Gasteiger partial charge in [0.05, 0.1) is 6.20 Å². The average molecular weight is 179 g/mol. The molecule has 1 aromatic heterocycles. The zero-order valence-electron chi connectivity index (χ0n) is 6.86. The minimum Gasteiger partial charge on any atom is -0.489 e. The van der Waals surface area contributed by atoms with Crippen molar-refractivity contribution in [2.75, 3.05) is 11.9 Å². The summed E-state index contributed by atoms with van der Waals surface area (Å²) in [5.41, 5.74) is 6.07. The van der Waals surface area contributed by atoms with Crippen LogP contribution in [0.4, 0.5) is 5.69 Å². The quantitative estimate of drug-likeness (QED) is 0.575. The fourth-order valence-electron chi connectivity index (χ4n) is 1.08. The van der Waals surface area contributed by atoms with Gasteiger partial charge >= 0.3 is 0 Å². The molecule has 0 bridgehead atoms. The molecule has 68 valence electrons. The molecule has 1 unspecified atom stereocenters. The van der Waals surface area contributed by atoms with E-state index in [2.05, 4.69) is 10.3 Å². The number of rotatable bonds is 0. The van der Waals surface area contributed by atoms with E-state index >= 15 is 0 Å². The molecule has 1 aliphatic rings. The Kier molecular flexibility index (Phi) is 1.86. The Labute approximate surface area is 74.9 Å². The van der Waals surface area contributed by atoms with Crippen LogP contribution in [-0.2, 0) is 4.79 Å². The van der Waals surface area contributed by atoms with Gasteiger partial charge in [-0.1, -0.05) is 0 Å². The van der Waals surface area contributed by atoms with Gasteiger partial charge in [-0.15, -0.1) is 0 Å². The van der Waals surface area contributed by atoms with E-state index in [4.69, 9.17) is 10.5 Å². The van der Waals surface area contributed by atoms with Crippen LogP contribution < -0.4 is 15.8 Å². The zero-order valence-corrected chi connectivity index (χ0v) is 6.86. The van der Waals surface area contributed by atoms with Crippen LogP contribution in [0, 0.1) is 0 Å². The van der Waals surface area contributed by atoms with E-state index in [0.29, 0.717) is 11.4 Å². The first-order valence-electron chi connectivity index (χ1n) is 3.90. The topological polar surface area (TPSA) is 77.2 Å². The standard InChI is InChI=1S/C8H9N3O2/c9-5-4-13-7-1-2-10-3-6(7)11-8(5)12/h1-3,5H,4,9H2,(H,11,12). The average Bonchev–Trinajstić information content (AvgIpc) is 2.28. The Balaban J connectivity index is 2.35. The molecule has 0 fully saturated rings. The van der Waals surface area contributed by atoms with Gasteiger partial charge in [-0.05, 0) is 0 Å². The number of amides is 1. The molecule has 13 heavy (non-hydrogen) atoms. The van der Waals surface area contributed by atoms with Gasteiger partial charge in [-0.25, -0.2) is 0 Å². The molecule has 2 heterocycles. The zero-order chi connectivity index (χ0) is 9.26. The molecular weight excluding hydrogens is 170 g/mol. The largest absolute Gasteiger partial charge is 0.489 e. The lowest BCUT2D eigenvalue weighted by atomic mass is 10.3. The molecule has 1 aliphatic heterocycles. The molecule has 1 aromatic rings. The number of carbonyl (C=O) groups is 1. The second-order valence-corrected chi connectivity index (χ2v) is 2.78. The molecule has 0 spiro atoms. The van der Waals surface area contributed by atoms with Gasteiger partial charge in [0, 0.05) is 12.3 Å². The molecule has 0 saturated carbocycles. The molecular formula is C8H9N3O2. The SMILES string of the molecule is NC1COc2ccncc2NC1=O. The summed E-state index contributed by atoms with van der Waals surface area (Å²) in [5, 5.41) is 2.62. The van der Waals surface area contributed by atoms with Crippen molar-refractivity contribution in [1.82, 2.24) is 4.98 Å². The number of hydrogen-bond acceptors (Lipinski definition) is 4. The molecule has 0 saturated heterocycles. The van der Waals surface area contributed by atoms with Gasteiger partial charge in [-0.2, -0.15) is 0 Å². The van der Waals surface area contributed by atoms with Crippen LogP contribution in [0.3, 0.4) is 0 Å². The molecule has 0 aliphatic carbocycles. The highest BCUT2D eigenvalue weighted by molar-refractivity contribution is 5.96. The maximum absolute atomic E-state index is 11.2. The molecule has 5 heteroatoms. The van der Waals surface area contributed by atoms with Gasteiger partial charge in [0.2, 0.25) is 5.91 Å². The van der Waals surface area contributed by atoms with Crippen molar-refractivity contribution in [3.05, 3.63) is 18.5 Å². The summed E-state index contributed by atoms with van der Waals surface area (Å²) in [5.74, 6) is 0.364. The van der Waals surface area contributed by atoms with Crippen LogP contribution in [0.25, 0.3) is 0 Å². The third-order valence-corrected chi connectivity index (χ3v) is 1.79. The predicted molar refractivity (Wildman–Crippen MR) is 46.3 cm³/mol. The number of nitrogens with one attached hydrogen (secondary N) is 1. The van der Waals surface area contributed by atoms with Crippen molar-refractivity contribution in [3.8, 4) is 5.75 Å². The maximum Gasteiger partial charge on any atom is 0.244 e. The second kappa shape index (κ2) is 3.02. The normalized spacial score (nSPS) is 21.0. The number of nitrogens with two attached hydrogens (primary N) is 1. The first-order chi connectivity index (χ1) is 6.27. The molecule has 0 radical (unpaired) electrons. The minimum absolute atomic E-state index is 0.197.